The number of hydrogen-bond acceptors (Lipinski definition) is 2. The molecule has 1 aromatic heterocycles. The first-order valence-corrected chi connectivity index (χ1v) is 9.94. The van der Waals surface area contributed by atoms with Gasteiger partial charge in [0.2, 0.25) is 0 Å². The van der Waals surface area contributed by atoms with Gasteiger partial charge in [-0.15, -0.1) is 0 Å². The van der Waals surface area contributed by atoms with Gasteiger partial charge in [0.25, 0.3) is 0 Å². The summed E-state index contributed by atoms with van der Waals surface area (Å²) in [5.74, 6) is 1.53. The quantitative estimate of drug-likeness (QED) is 0.442. The smallest absolute Gasteiger partial charge is 0.118 e. The first-order chi connectivity index (χ1) is 13.2. The number of aromatic nitrogens is 2. The molecule has 0 saturated carbocycles. The third kappa shape index (κ3) is 6.14. The molecule has 0 amide bonds. The lowest BCUT2D eigenvalue weighted by atomic mass is 9.93. The van der Waals surface area contributed by atoms with Gasteiger partial charge in [0, 0.05) is 24.0 Å². The highest BCUT2D eigenvalue weighted by atomic mass is 35.5. The van der Waals surface area contributed by atoms with Crippen molar-refractivity contribution in [3.8, 4) is 5.75 Å². The predicted molar refractivity (Wildman–Crippen MR) is 111 cm³/mol. The van der Waals surface area contributed by atoms with Gasteiger partial charge >= 0.3 is 0 Å². The number of halogens is 1. The Hall–Kier alpha value is -2.26. The number of aryl methyl sites for hydroxylation is 2. The van der Waals surface area contributed by atoms with Gasteiger partial charge in [0.05, 0.1) is 13.4 Å². The Morgan fingerprint density at radius 2 is 1.85 bits per heavy atom. The van der Waals surface area contributed by atoms with Gasteiger partial charge in [-0.2, -0.15) is 0 Å². The van der Waals surface area contributed by atoms with Crippen LogP contribution in [0.4, 0.5) is 0 Å². The molecule has 3 rings (SSSR count). The second-order valence-electron chi connectivity index (χ2n) is 7.00. The van der Waals surface area contributed by atoms with Gasteiger partial charge in [-0.3, -0.25) is 0 Å². The molecule has 0 bridgehead atoms. The monoisotopic (exact) mass is 382 g/mol. The number of ether oxygens (including phenoxy) is 1. The maximum Gasteiger partial charge on any atom is 0.118 e. The van der Waals surface area contributed by atoms with Crippen molar-refractivity contribution in [3.05, 3.63) is 83.4 Å². The Morgan fingerprint density at radius 1 is 1.04 bits per heavy atom. The van der Waals surface area contributed by atoms with E-state index >= 15 is 0 Å². The van der Waals surface area contributed by atoms with Crippen LogP contribution in [0.15, 0.2) is 67.3 Å². The summed E-state index contributed by atoms with van der Waals surface area (Å²) >= 11 is 6.30. The third-order valence-corrected chi connectivity index (χ3v) is 5.41. The van der Waals surface area contributed by atoms with Crippen LogP contribution in [0.25, 0.3) is 0 Å². The van der Waals surface area contributed by atoms with Crippen LogP contribution in [-0.2, 0) is 19.4 Å². The predicted octanol–water partition coefficient (Wildman–Crippen LogP) is 5.82. The van der Waals surface area contributed by atoms with E-state index in [0.29, 0.717) is 5.92 Å². The zero-order valence-electron chi connectivity index (χ0n) is 15.9. The number of methoxy groups -OCH3 is 1. The van der Waals surface area contributed by atoms with Gasteiger partial charge in [0.15, 0.2) is 0 Å². The van der Waals surface area contributed by atoms with E-state index < -0.39 is 0 Å². The minimum atomic E-state index is 0.615. The minimum absolute atomic E-state index is 0.615. The van der Waals surface area contributed by atoms with Crippen LogP contribution >= 0.6 is 11.6 Å². The van der Waals surface area contributed by atoms with Crippen molar-refractivity contribution in [2.24, 2.45) is 5.92 Å². The van der Waals surface area contributed by atoms with Gasteiger partial charge < -0.3 is 9.30 Å². The molecular weight excluding hydrogens is 356 g/mol. The number of nitrogens with zero attached hydrogens (tertiary/aromatic N) is 2. The molecule has 4 heteroatoms. The molecule has 0 radical (unpaired) electrons. The van der Waals surface area contributed by atoms with Crippen molar-refractivity contribution in [3.63, 3.8) is 0 Å². The van der Waals surface area contributed by atoms with Crippen molar-refractivity contribution >= 4 is 11.6 Å². The summed E-state index contributed by atoms with van der Waals surface area (Å²) in [6, 6.07) is 16.6. The Morgan fingerprint density at radius 3 is 2.56 bits per heavy atom. The fraction of sp³-hybridized carbons (Fsp3) is 0.348. The Balaban J connectivity index is 1.55. The zero-order valence-corrected chi connectivity index (χ0v) is 16.6. The average Bonchev–Trinajstić information content (AvgIpc) is 3.21. The van der Waals surface area contributed by atoms with Crippen LogP contribution in [0, 0.1) is 5.92 Å². The van der Waals surface area contributed by atoms with Crippen LogP contribution in [-0.4, -0.2) is 16.7 Å². The van der Waals surface area contributed by atoms with E-state index in [1.807, 2.05) is 36.8 Å². The lowest BCUT2D eigenvalue weighted by molar-refractivity contribution is 0.379. The van der Waals surface area contributed by atoms with E-state index in [0.717, 1.165) is 43.0 Å². The highest BCUT2D eigenvalue weighted by Gasteiger charge is 2.11. The minimum Gasteiger partial charge on any atom is -0.497 e. The Labute approximate surface area is 167 Å². The van der Waals surface area contributed by atoms with Crippen molar-refractivity contribution < 1.29 is 4.74 Å². The topological polar surface area (TPSA) is 27.1 Å². The average molecular weight is 383 g/mol. The first-order valence-electron chi connectivity index (χ1n) is 9.56. The molecule has 1 heterocycles. The third-order valence-electron chi connectivity index (χ3n) is 5.04. The van der Waals surface area contributed by atoms with E-state index in [9.17, 15) is 0 Å². The van der Waals surface area contributed by atoms with Gasteiger partial charge in [-0.25, -0.2) is 4.98 Å². The Kier molecular flexibility index (Phi) is 7.35. The van der Waals surface area contributed by atoms with Crippen molar-refractivity contribution in [1.82, 2.24) is 9.55 Å². The number of hydrogen-bond donors (Lipinski definition) is 0. The second kappa shape index (κ2) is 10.2. The summed E-state index contributed by atoms with van der Waals surface area (Å²) in [6.45, 7) is 1.01. The van der Waals surface area contributed by atoms with Crippen molar-refractivity contribution in [2.45, 2.75) is 38.6 Å². The molecule has 27 heavy (non-hydrogen) atoms. The summed E-state index contributed by atoms with van der Waals surface area (Å²) in [6.07, 6.45) is 11.4. The fourth-order valence-corrected chi connectivity index (χ4v) is 3.70. The van der Waals surface area contributed by atoms with Crippen molar-refractivity contribution in [1.29, 1.82) is 0 Å². The molecule has 0 spiro atoms. The standard InChI is InChI=1S/C23H27ClN2O/c1-27-22-13-11-19(12-14-22)9-10-20(17-26-16-15-25-18-26)5-4-7-21-6-2-3-8-23(21)24/h2-3,6,8,11-16,18,20H,4-5,7,9-10,17H2,1H3. The summed E-state index contributed by atoms with van der Waals surface area (Å²) in [5, 5.41) is 0.877. The molecule has 0 fully saturated rings. The number of imidazole rings is 1. The molecule has 0 saturated heterocycles. The van der Waals surface area contributed by atoms with Crippen LogP contribution in [0.1, 0.15) is 30.4 Å². The molecule has 0 N–H and O–H groups in total. The van der Waals surface area contributed by atoms with E-state index in [-0.39, 0.29) is 0 Å². The van der Waals surface area contributed by atoms with Crippen LogP contribution in [0.3, 0.4) is 0 Å². The summed E-state index contributed by atoms with van der Waals surface area (Å²) in [4.78, 5) is 4.18. The molecule has 0 aliphatic rings. The highest BCUT2D eigenvalue weighted by Crippen LogP contribution is 2.22. The van der Waals surface area contributed by atoms with Gasteiger partial charge in [-0.1, -0.05) is 41.9 Å². The van der Waals surface area contributed by atoms with Crippen LogP contribution in [0.2, 0.25) is 5.02 Å². The first kappa shape index (κ1) is 19.5. The van der Waals surface area contributed by atoms with E-state index in [4.69, 9.17) is 16.3 Å². The van der Waals surface area contributed by atoms with E-state index in [2.05, 4.69) is 40.0 Å². The number of benzene rings is 2. The highest BCUT2D eigenvalue weighted by molar-refractivity contribution is 6.31. The summed E-state index contributed by atoms with van der Waals surface area (Å²) < 4.78 is 7.44. The molecule has 3 aromatic rings. The van der Waals surface area contributed by atoms with Crippen LogP contribution in [0.5, 0.6) is 5.75 Å². The SMILES string of the molecule is COc1ccc(CCC(CCCc2ccccc2Cl)Cn2ccnc2)cc1. The maximum atomic E-state index is 6.30. The molecule has 0 aliphatic heterocycles. The Bertz CT molecular complexity index is 800. The normalized spacial score (nSPS) is 12.1. The maximum absolute atomic E-state index is 6.30. The molecule has 1 atom stereocenters. The van der Waals surface area contributed by atoms with Crippen molar-refractivity contribution in [2.75, 3.05) is 7.11 Å². The fourth-order valence-electron chi connectivity index (χ4n) is 3.47. The van der Waals surface area contributed by atoms with Crippen LogP contribution < -0.4 is 4.74 Å². The second-order valence-corrected chi connectivity index (χ2v) is 7.40. The molecule has 2 aromatic carbocycles. The summed E-state index contributed by atoms with van der Waals surface area (Å²) in [7, 11) is 1.70. The molecule has 3 nitrogen and oxygen atoms in total. The molecule has 0 aliphatic carbocycles. The lowest BCUT2D eigenvalue weighted by Gasteiger charge is -2.18. The van der Waals surface area contributed by atoms with Gasteiger partial charge in [0.1, 0.15) is 5.75 Å². The molecule has 1 unspecified atom stereocenters. The van der Waals surface area contributed by atoms with Gasteiger partial charge in [-0.05, 0) is 67.3 Å². The molecular formula is C23H27ClN2O. The zero-order chi connectivity index (χ0) is 18.9. The largest absolute Gasteiger partial charge is 0.497 e. The lowest BCUT2D eigenvalue weighted by Crippen LogP contribution is -2.11. The molecule has 142 valence electrons. The summed E-state index contributed by atoms with van der Waals surface area (Å²) in [5.41, 5.74) is 2.60. The van der Waals surface area contributed by atoms with E-state index in [1.165, 1.54) is 17.5 Å². The van der Waals surface area contributed by atoms with E-state index in [1.54, 1.807) is 7.11 Å². The number of rotatable bonds is 10.